The summed E-state index contributed by atoms with van der Waals surface area (Å²) in [7, 11) is 0. The van der Waals surface area contributed by atoms with Gasteiger partial charge in [-0.2, -0.15) is 0 Å². The van der Waals surface area contributed by atoms with Crippen LogP contribution in [-0.4, -0.2) is 10.9 Å². The molecule has 3 aromatic rings. The number of nitrogens with zero attached hydrogens (tertiary/aromatic N) is 1. The Kier molecular flexibility index (Phi) is 6.14. The van der Waals surface area contributed by atoms with Crippen molar-refractivity contribution in [2.75, 3.05) is 10.6 Å². The third kappa shape index (κ3) is 4.89. The second kappa shape index (κ2) is 8.73. The molecule has 3 rings (SSSR count). The quantitative estimate of drug-likeness (QED) is 0.552. The number of carbonyl (C=O) groups excluding carboxylic acids is 1. The van der Waals surface area contributed by atoms with Crippen LogP contribution in [0.15, 0.2) is 53.1 Å². The maximum Gasteiger partial charge on any atom is 0.224 e. The molecule has 2 N–H and O–H groups in total. The number of oxazole rings is 1. The molecule has 0 spiro atoms. The van der Waals surface area contributed by atoms with Crippen molar-refractivity contribution in [1.29, 1.82) is 0 Å². The van der Waals surface area contributed by atoms with Crippen molar-refractivity contribution in [2.45, 2.75) is 33.2 Å². The van der Waals surface area contributed by atoms with Crippen molar-refractivity contribution in [3.63, 3.8) is 0 Å². The molecule has 27 heavy (non-hydrogen) atoms. The van der Waals surface area contributed by atoms with Crippen molar-refractivity contribution in [2.24, 2.45) is 0 Å². The molecule has 1 heterocycles. The molecule has 0 saturated heterocycles. The van der Waals surface area contributed by atoms with Gasteiger partial charge in [0.2, 0.25) is 11.8 Å². The number of halogens is 1. The van der Waals surface area contributed by atoms with E-state index in [2.05, 4.69) is 15.6 Å². The van der Waals surface area contributed by atoms with Gasteiger partial charge in [0.05, 0.1) is 12.7 Å². The summed E-state index contributed by atoms with van der Waals surface area (Å²) < 4.78 is 5.81. The van der Waals surface area contributed by atoms with E-state index in [0.29, 0.717) is 29.6 Å². The Labute approximate surface area is 163 Å². The van der Waals surface area contributed by atoms with E-state index < -0.39 is 0 Å². The fourth-order valence-corrected chi connectivity index (χ4v) is 2.93. The summed E-state index contributed by atoms with van der Waals surface area (Å²) in [5.74, 6) is 1.27. The van der Waals surface area contributed by atoms with E-state index in [-0.39, 0.29) is 5.91 Å². The van der Waals surface area contributed by atoms with Crippen LogP contribution in [0.2, 0.25) is 5.02 Å². The Morgan fingerprint density at radius 3 is 2.74 bits per heavy atom. The third-order valence-electron chi connectivity index (χ3n) is 4.18. The molecule has 1 amide bonds. The lowest BCUT2D eigenvalue weighted by atomic mass is 10.1. The van der Waals surface area contributed by atoms with Gasteiger partial charge in [-0.05, 0) is 43.2 Å². The van der Waals surface area contributed by atoms with Crippen LogP contribution >= 0.6 is 11.6 Å². The Morgan fingerprint density at radius 2 is 1.96 bits per heavy atom. The van der Waals surface area contributed by atoms with E-state index in [4.69, 9.17) is 16.0 Å². The molecule has 0 bridgehead atoms. The molecule has 0 atom stereocenters. The molecule has 140 valence electrons. The topological polar surface area (TPSA) is 67.2 Å². The average Bonchev–Trinajstić information content (AvgIpc) is 3.12. The molecule has 0 aliphatic heterocycles. The molecule has 6 heteroatoms. The number of hydrogen-bond donors (Lipinski definition) is 2. The molecule has 0 radical (unpaired) electrons. The number of hydrogen-bond acceptors (Lipinski definition) is 4. The number of anilines is 2. The molecule has 2 aromatic carbocycles. The largest absolute Gasteiger partial charge is 0.439 e. The first kappa shape index (κ1) is 19.0. The monoisotopic (exact) mass is 383 g/mol. The van der Waals surface area contributed by atoms with Crippen LogP contribution in [0.25, 0.3) is 11.3 Å². The predicted octanol–water partition coefficient (Wildman–Crippen LogP) is 5.65. The van der Waals surface area contributed by atoms with Crippen LogP contribution < -0.4 is 10.6 Å². The standard InChI is InChI=1S/C21H22ClN3O2/c1-3-6-20(26)25-18-10-5-9-17(14(18)2)23-13-21-24-12-19(27-21)15-7-4-8-16(22)11-15/h4-5,7-12,23H,3,6,13H2,1-2H3,(H,25,26). The highest BCUT2D eigenvalue weighted by atomic mass is 35.5. The Hall–Kier alpha value is -2.79. The van der Waals surface area contributed by atoms with Gasteiger partial charge in [0, 0.05) is 28.4 Å². The van der Waals surface area contributed by atoms with Crippen LogP contribution in [0.4, 0.5) is 11.4 Å². The second-order valence-electron chi connectivity index (χ2n) is 6.26. The van der Waals surface area contributed by atoms with E-state index >= 15 is 0 Å². The molecule has 0 aliphatic carbocycles. The van der Waals surface area contributed by atoms with Crippen molar-refractivity contribution in [3.05, 3.63) is 65.1 Å². The molecular formula is C21H22ClN3O2. The number of nitrogens with one attached hydrogen (secondary N) is 2. The van der Waals surface area contributed by atoms with Crippen molar-refractivity contribution in [3.8, 4) is 11.3 Å². The summed E-state index contributed by atoms with van der Waals surface area (Å²) in [5, 5.41) is 6.92. The highest BCUT2D eigenvalue weighted by Crippen LogP contribution is 2.26. The van der Waals surface area contributed by atoms with Crippen molar-refractivity contribution >= 4 is 28.9 Å². The highest BCUT2D eigenvalue weighted by molar-refractivity contribution is 6.30. The van der Waals surface area contributed by atoms with Crippen LogP contribution in [-0.2, 0) is 11.3 Å². The summed E-state index contributed by atoms with van der Waals surface area (Å²) in [4.78, 5) is 16.2. The van der Waals surface area contributed by atoms with E-state index in [9.17, 15) is 4.79 Å². The molecule has 0 unspecified atom stereocenters. The molecule has 1 aromatic heterocycles. The van der Waals surface area contributed by atoms with Gasteiger partial charge in [0.25, 0.3) is 0 Å². The first-order chi connectivity index (χ1) is 13.1. The van der Waals surface area contributed by atoms with Gasteiger partial charge in [-0.3, -0.25) is 4.79 Å². The van der Waals surface area contributed by atoms with Crippen molar-refractivity contribution < 1.29 is 9.21 Å². The zero-order valence-electron chi connectivity index (χ0n) is 15.4. The zero-order valence-corrected chi connectivity index (χ0v) is 16.1. The molecule has 0 aliphatic rings. The van der Waals surface area contributed by atoms with E-state index in [1.165, 1.54) is 0 Å². The summed E-state index contributed by atoms with van der Waals surface area (Å²) in [6.45, 7) is 4.39. The number of carbonyl (C=O) groups is 1. The third-order valence-corrected chi connectivity index (χ3v) is 4.41. The average molecular weight is 384 g/mol. The summed E-state index contributed by atoms with van der Waals surface area (Å²) in [5.41, 5.74) is 3.60. The number of benzene rings is 2. The van der Waals surface area contributed by atoms with Gasteiger partial charge in [-0.25, -0.2) is 4.98 Å². The van der Waals surface area contributed by atoms with Gasteiger partial charge in [0.1, 0.15) is 0 Å². The maximum atomic E-state index is 11.9. The molecule has 0 fully saturated rings. The molecule has 0 saturated carbocycles. The minimum Gasteiger partial charge on any atom is -0.439 e. The Morgan fingerprint density at radius 1 is 1.19 bits per heavy atom. The number of amides is 1. The minimum absolute atomic E-state index is 0.0246. The number of aromatic nitrogens is 1. The minimum atomic E-state index is 0.0246. The summed E-state index contributed by atoms with van der Waals surface area (Å²) >= 11 is 6.03. The zero-order chi connectivity index (χ0) is 19.2. The van der Waals surface area contributed by atoms with Gasteiger partial charge in [-0.15, -0.1) is 0 Å². The lowest BCUT2D eigenvalue weighted by Crippen LogP contribution is -2.12. The van der Waals surface area contributed by atoms with Crippen LogP contribution in [0, 0.1) is 6.92 Å². The Bertz CT molecular complexity index is 937. The molecular weight excluding hydrogens is 362 g/mol. The Balaban J connectivity index is 1.68. The van der Waals surface area contributed by atoms with Crippen molar-refractivity contribution in [1.82, 2.24) is 4.98 Å². The second-order valence-corrected chi connectivity index (χ2v) is 6.69. The van der Waals surface area contributed by atoms with Gasteiger partial charge >= 0.3 is 0 Å². The summed E-state index contributed by atoms with van der Waals surface area (Å²) in [6, 6.07) is 13.2. The van der Waals surface area contributed by atoms with E-state index in [0.717, 1.165) is 28.9 Å². The SMILES string of the molecule is CCCC(=O)Nc1cccc(NCc2ncc(-c3cccc(Cl)c3)o2)c1C. The first-order valence-electron chi connectivity index (χ1n) is 8.90. The van der Waals surface area contributed by atoms with E-state index in [1.807, 2.05) is 56.3 Å². The predicted molar refractivity (Wildman–Crippen MR) is 109 cm³/mol. The maximum absolute atomic E-state index is 11.9. The van der Waals surface area contributed by atoms with Crippen LogP contribution in [0.1, 0.15) is 31.2 Å². The lowest BCUT2D eigenvalue weighted by Gasteiger charge is -2.13. The fourth-order valence-electron chi connectivity index (χ4n) is 2.74. The van der Waals surface area contributed by atoms with Crippen LogP contribution in [0.3, 0.4) is 0 Å². The highest BCUT2D eigenvalue weighted by Gasteiger charge is 2.10. The fraction of sp³-hybridized carbons (Fsp3) is 0.238. The smallest absolute Gasteiger partial charge is 0.224 e. The van der Waals surface area contributed by atoms with Gasteiger partial charge in [0.15, 0.2) is 5.76 Å². The lowest BCUT2D eigenvalue weighted by molar-refractivity contribution is -0.116. The first-order valence-corrected chi connectivity index (χ1v) is 9.28. The normalized spacial score (nSPS) is 10.6. The van der Waals surface area contributed by atoms with Gasteiger partial charge < -0.3 is 15.1 Å². The van der Waals surface area contributed by atoms with E-state index in [1.54, 1.807) is 6.20 Å². The van der Waals surface area contributed by atoms with Crippen LogP contribution in [0.5, 0.6) is 0 Å². The van der Waals surface area contributed by atoms with Gasteiger partial charge in [-0.1, -0.05) is 36.7 Å². The summed E-state index contributed by atoms with van der Waals surface area (Å²) in [6.07, 6.45) is 3.03. The molecule has 5 nitrogen and oxygen atoms in total. The number of rotatable bonds is 7.